The molecule has 0 bridgehead atoms. The van der Waals surface area contributed by atoms with E-state index in [1.807, 2.05) is 41.0 Å². The summed E-state index contributed by atoms with van der Waals surface area (Å²) in [5, 5.41) is 1.07. The number of fused-ring (bicyclic) bond motifs is 4. The Morgan fingerprint density at radius 3 is 2.77 bits per heavy atom. The van der Waals surface area contributed by atoms with E-state index >= 15 is 0 Å². The summed E-state index contributed by atoms with van der Waals surface area (Å²) in [5.74, 6) is 1.44. The summed E-state index contributed by atoms with van der Waals surface area (Å²) in [6.07, 6.45) is 0.840. The first-order chi connectivity index (χ1) is 12.6. The maximum absolute atomic E-state index is 13.4. The van der Waals surface area contributed by atoms with E-state index in [0.29, 0.717) is 11.3 Å². The molecule has 2 aromatic carbocycles. The van der Waals surface area contributed by atoms with Crippen LogP contribution < -0.4 is 9.47 Å². The summed E-state index contributed by atoms with van der Waals surface area (Å²) < 4.78 is 13.9. The summed E-state index contributed by atoms with van der Waals surface area (Å²) in [6, 6.07) is 11.5. The minimum absolute atomic E-state index is 0.0130. The second kappa shape index (κ2) is 5.86. The third-order valence-corrected chi connectivity index (χ3v) is 5.60. The monoisotopic (exact) mass is 412 g/mol. The highest BCUT2D eigenvalue weighted by molar-refractivity contribution is 9.10. The lowest BCUT2D eigenvalue weighted by Crippen LogP contribution is -2.28. The molecule has 0 spiro atoms. The standard InChI is InChI=1S/C20H17BrN2O3/c1-22-6-5-16-15(10-22)14-8-18-19(26-11-25-18)9-17(14)23(16)20(24)12-3-2-4-13(21)7-12/h2-4,7-9H,5-6,10-11H2,1H3. The molecule has 0 atom stereocenters. The Labute approximate surface area is 159 Å². The predicted octanol–water partition coefficient (Wildman–Crippen LogP) is 3.81. The van der Waals surface area contributed by atoms with E-state index in [4.69, 9.17) is 9.47 Å². The molecule has 3 aromatic rings. The van der Waals surface area contributed by atoms with Crippen LogP contribution in [0.2, 0.25) is 0 Å². The van der Waals surface area contributed by atoms with Crippen LogP contribution in [0.25, 0.3) is 10.9 Å². The Morgan fingerprint density at radius 1 is 1.15 bits per heavy atom. The first-order valence-electron chi connectivity index (χ1n) is 8.56. The van der Waals surface area contributed by atoms with Crippen molar-refractivity contribution in [1.82, 2.24) is 9.47 Å². The zero-order chi connectivity index (χ0) is 17.8. The fraction of sp³-hybridized carbons (Fsp3) is 0.250. The Kier molecular flexibility index (Phi) is 3.58. The minimum atomic E-state index is -0.0130. The van der Waals surface area contributed by atoms with Crippen molar-refractivity contribution in [3.8, 4) is 11.5 Å². The molecule has 0 aliphatic carbocycles. The first kappa shape index (κ1) is 15.9. The topological polar surface area (TPSA) is 43.7 Å². The third-order valence-electron chi connectivity index (χ3n) is 5.11. The van der Waals surface area contributed by atoms with Gasteiger partial charge < -0.3 is 14.4 Å². The molecule has 132 valence electrons. The van der Waals surface area contributed by atoms with Crippen molar-refractivity contribution in [1.29, 1.82) is 0 Å². The Morgan fingerprint density at radius 2 is 1.96 bits per heavy atom. The van der Waals surface area contributed by atoms with E-state index in [2.05, 4.69) is 27.9 Å². The van der Waals surface area contributed by atoms with Crippen LogP contribution >= 0.6 is 15.9 Å². The van der Waals surface area contributed by atoms with Crippen molar-refractivity contribution < 1.29 is 14.3 Å². The highest BCUT2D eigenvalue weighted by Gasteiger charge is 2.28. The van der Waals surface area contributed by atoms with Crippen LogP contribution in [0.15, 0.2) is 40.9 Å². The molecule has 0 saturated carbocycles. The normalized spacial score (nSPS) is 16.1. The van der Waals surface area contributed by atoms with Crippen LogP contribution in [0.3, 0.4) is 0 Å². The number of halogens is 1. The number of ether oxygens (including phenoxy) is 2. The quantitative estimate of drug-likeness (QED) is 0.609. The van der Waals surface area contributed by atoms with E-state index < -0.39 is 0 Å². The van der Waals surface area contributed by atoms with Crippen LogP contribution in [-0.2, 0) is 13.0 Å². The van der Waals surface area contributed by atoms with Crippen LogP contribution in [0, 0.1) is 0 Å². The molecule has 2 aliphatic heterocycles. The van der Waals surface area contributed by atoms with Crippen molar-refractivity contribution in [2.75, 3.05) is 20.4 Å². The van der Waals surface area contributed by atoms with Gasteiger partial charge in [0.05, 0.1) is 5.52 Å². The van der Waals surface area contributed by atoms with Crippen LogP contribution in [0.5, 0.6) is 11.5 Å². The van der Waals surface area contributed by atoms with Crippen molar-refractivity contribution in [2.45, 2.75) is 13.0 Å². The van der Waals surface area contributed by atoms with Crippen LogP contribution in [0.1, 0.15) is 21.6 Å². The van der Waals surface area contributed by atoms with Crippen LogP contribution in [-0.4, -0.2) is 35.8 Å². The largest absolute Gasteiger partial charge is 0.454 e. The fourth-order valence-corrected chi connectivity index (χ4v) is 4.26. The summed E-state index contributed by atoms with van der Waals surface area (Å²) in [4.78, 5) is 15.7. The lowest BCUT2D eigenvalue weighted by atomic mass is 10.0. The zero-order valence-electron chi connectivity index (χ0n) is 14.3. The number of benzene rings is 2. The van der Waals surface area contributed by atoms with Gasteiger partial charge in [0.2, 0.25) is 6.79 Å². The molecule has 0 radical (unpaired) electrons. The van der Waals surface area contributed by atoms with E-state index in [0.717, 1.165) is 46.3 Å². The molecule has 1 aromatic heterocycles. The van der Waals surface area contributed by atoms with Gasteiger partial charge in [-0.3, -0.25) is 9.36 Å². The Hall–Kier alpha value is -2.31. The van der Waals surface area contributed by atoms with Crippen molar-refractivity contribution in [3.05, 3.63) is 57.7 Å². The number of nitrogens with zero attached hydrogens (tertiary/aromatic N) is 2. The van der Waals surface area contributed by atoms with E-state index in [-0.39, 0.29) is 12.7 Å². The molecule has 5 nitrogen and oxygen atoms in total. The summed E-state index contributed by atoms with van der Waals surface area (Å²) >= 11 is 3.46. The molecular formula is C20H17BrN2O3. The van der Waals surface area contributed by atoms with Gasteiger partial charge in [-0.25, -0.2) is 0 Å². The summed E-state index contributed by atoms with van der Waals surface area (Å²) in [5.41, 5.74) is 3.84. The van der Waals surface area contributed by atoms with Gasteiger partial charge in [0, 0.05) is 46.7 Å². The maximum Gasteiger partial charge on any atom is 0.262 e. The molecule has 26 heavy (non-hydrogen) atoms. The molecule has 3 heterocycles. The SMILES string of the molecule is CN1CCc2c(c3cc4c(cc3n2C(=O)c2cccc(Br)c2)OCO4)C1. The van der Waals surface area contributed by atoms with Gasteiger partial charge in [-0.2, -0.15) is 0 Å². The Bertz CT molecular complexity index is 1060. The number of hydrogen-bond acceptors (Lipinski definition) is 4. The highest BCUT2D eigenvalue weighted by Crippen LogP contribution is 2.40. The zero-order valence-corrected chi connectivity index (χ0v) is 15.9. The molecular weight excluding hydrogens is 396 g/mol. The van der Waals surface area contributed by atoms with Gasteiger partial charge in [0.25, 0.3) is 5.91 Å². The molecule has 0 unspecified atom stereocenters. The van der Waals surface area contributed by atoms with Gasteiger partial charge in [0.15, 0.2) is 11.5 Å². The Balaban J connectivity index is 1.77. The number of aromatic nitrogens is 1. The lowest BCUT2D eigenvalue weighted by Gasteiger charge is -2.23. The summed E-state index contributed by atoms with van der Waals surface area (Å²) in [7, 11) is 2.11. The smallest absolute Gasteiger partial charge is 0.262 e. The third kappa shape index (κ3) is 2.36. The van der Waals surface area contributed by atoms with E-state index in [9.17, 15) is 4.79 Å². The van der Waals surface area contributed by atoms with Crippen molar-refractivity contribution >= 4 is 32.7 Å². The number of carbonyl (C=O) groups excluding carboxylic acids is 1. The average Bonchev–Trinajstić information content (AvgIpc) is 3.21. The second-order valence-electron chi connectivity index (χ2n) is 6.79. The molecule has 0 saturated heterocycles. The maximum atomic E-state index is 13.4. The highest BCUT2D eigenvalue weighted by atomic mass is 79.9. The molecule has 2 aliphatic rings. The average molecular weight is 413 g/mol. The van der Waals surface area contributed by atoms with Gasteiger partial charge >= 0.3 is 0 Å². The van der Waals surface area contributed by atoms with Gasteiger partial charge in [-0.05, 0) is 36.9 Å². The van der Waals surface area contributed by atoms with Crippen molar-refractivity contribution in [2.24, 2.45) is 0 Å². The summed E-state index contributed by atoms with van der Waals surface area (Å²) in [6.45, 7) is 1.98. The lowest BCUT2D eigenvalue weighted by molar-refractivity contribution is 0.0960. The number of rotatable bonds is 1. The first-order valence-corrected chi connectivity index (χ1v) is 9.36. The predicted molar refractivity (Wildman–Crippen MR) is 102 cm³/mol. The number of likely N-dealkylation sites (N-methyl/N-ethyl adjacent to an activating group) is 1. The van der Waals surface area contributed by atoms with Gasteiger partial charge in [-0.15, -0.1) is 0 Å². The molecule has 0 fully saturated rings. The van der Waals surface area contributed by atoms with Gasteiger partial charge in [0.1, 0.15) is 0 Å². The molecule has 0 N–H and O–H groups in total. The molecule has 6 heteroatoms. The number of carbonyl (C=O) groups is 1. The second-order valence-corrected chi connectivity index (χ2v) is 7.70. The van der Waals surface area contributed by atoms with E-state index in [1.54, 1.807) is 0 Å². The fourth-order valence-electron chi connectivity index (χ4n) is 3.86. The molecule has 0 amide bonds. The minimum Gasteiger partial charge on any atom is -0.454 e. The molecule has 5 rings (SSSR count). The number of hydrogen-bond donors (Lipinski definition) is 0. The van der Waals surface area contributed by atoms with Crippen LogP contribution in [0.4, 0.5) is 0 Å². The van der Waals surface area contributed by atoms with Gasteiger partial charge in [-0.1, -0.05) is 22.0 Å². The van der Waals surface area contributed by atoms with E-state index in [1.165, 1.54) is 5.56 Å². The van der Waals surface area contributed by atoms with Crippen molar-refractivity contribution in [3.63, 3.8) is 0 Å².